The molecule has 0 aromatic heterocycles. The van der Waals surface area contributed by atoms with Crippen molar-refractivity contribution in [1.29, 1.82) is 0 Å². The minimum Gasteiger partial charge on any atom is -0.326 e. The summed E-state index contributed by atoms with van der Waals surface area (Å²) in [6.07, 6.45) is 0. The summed E-state index contributed by atoms with van der Waals surface area (Å²) >= 11 is 0. The summed E-state index contributed by atoms with van der Waals surface area (Å²) in [6, 6.07) is 6.38. The highest BCUT2D eigenvalue weighted by molar-refractivity contribution is 6.07. The van der Waals surface area contributed by atoms with Crippen molar-refractivity contribution < 1.29 is 14.4 Å². The summed E-state index contributed by atoms with van der Waals surface area (Å²) in [5, 5.41) is 7.61. The van der Waals surface area contributed by atoms with Crippen LogP contribution in [0.15, 0.2) is 24.3 Å². The third-order valence-corrected chi connectivity index (χ3v) is 3.42. The number of hydrogen-bond donors (Lipinski definition) is 3. The fourth-order valence-corrected chi connectivity index (χ4v) is 1.97. The quantitative estimate of drug-likeness (QED) is 0.724. The van der Waals surface area contributed by atoms with Crippen LogP contribution in [0.2, 0.25) is 0 Å². The molecule has 0 bridgehead atoms. The SMILES string of the molecule is CC(C)(C)C(=O)Nc1cccc([C@@]2(C)NC(=O)NC2=O)c1. The molecule has 0 spiro atoms. The Morgan fingerprint density at radius 2 is 1.90 bits per heavy atom. The van der Waals surface area contributed by atoms with Gasteiger partial charge in [0.2, 0.25) is 5.91 Å². The van der Waals surface area contributed by atoms with Crippen LogP contribution in [-0.4, -0.2) is 17.8 Å². The number of rotatable bonds is 2. The van der Waals surface area contributed by atoms with Gasteiger partial charge in [0.05, 0.1) is 0 Å². The third-order valence-electron chi connectivity index (χ3n) is 3.42. The standard InChI is InChI=1S/C15H19N3O3/c1-14(2,3)11(19)16-10-7-5-6-9(8-10)15(4)12(20)17-13(21)18-15/h5-8H,1-4H3,(H,16,19)(H2,17,18,20,21)/t15-/m1/s1. The highest BCUT2D eigenvalue weighted by Gasteiger charge is 2.43. The van der Waals surface area contributed by atoms with Gasteiger partial charge in [-0.2, -0.15) is 0 Å². The van der Waals surface area contributed by atoms with Gasteiger partial charge in [-0.15, -0.1) is 0 Å². The lowest BCUT2D eigenvalue weighted by Gasteiger charge is -2.23. The van der Waals surface area contributed by atoms with E-state index in [0.29, 0.717) is 11.3 Å². The number of amides is 4. The van der Waals surface area contributed by atoms with E-state index in [-0.39, 0.29) is 5.91 Å². The fourth-order valence-electron chi connectivity index (χ4n) is 1.97. The Bertz CT molecular complexity index is 619. The van der Waals surface area contributed by atoms with E-state index in [1.54, 1.807) is 31.2 Å². The molecule has 0 aliphatic carbocycles. The van der Waals surface area contributed by atoms with Crippen LogP contribution in [0.1, 0.15) is 33.3 Å². The van der Waals surface area contributed by atoms with Crippen molar-refractivity contribution >= 4 is 23.5 Å². The molecule has 0 radical (unpaired) electrons. The van der Waals surface area contributed by atoms with Gasteiger partial charge < -0.3 is 10.6 Å². The molecule has 1 fully saturated rings. The summed E-state index contributed by atoms with van der Waals surface area (Å²) in [6.45, 7) is 7.08. The zero-order valence-corrected chi connectivity index (χ0v) is 12.5. The number of carbonyl (C=O) groups is 3. The van der Waals surface area contributed by atoms with Crippen molar-refractivity contribution in [2.75, 3.05) is 5.32 Å². The molecule has 21 heavy (non-hydrogen) atoms. The van der Waals surface area contributed by atoms with Gasteiger partial charge in [0.1, 0.15) is 5.54 Å². The molecule has 0 unspecified atom stereocenters. The Morgan fingerprint density at radius 3 is 2.43 bits per heavy atom. The average molecular weight is 289 g/mol. The fraction of sp³-hybridized carbons (Fsp3) is 0.400. The molecule has 2 rings (SSSR count). The minimum atomic E-state index is -1.13. The second kappa shape index (κ2) is 4.87. The van der Waals surface area contributed by atoms with Crippen molar-refractivity contribution in [3.63, 3.8) is 0 Å². The monoisotopic (exact) mass is 289 g/mol. The Hall–Kier alpha value is -2.37. The lowest BCUT2D eigenvalue weighted by molar-refractivity contribution is -0.124. The molecule has 1 aliphatic heterocycles. The molecule has 1 atom stereocenters. The van der Waals surface area contributed by atoms with E-state index in [2.05, 4.69) is 16.0 Å². The van der Waals surface area contributed by atoms with Crippen molar-refractivity contribution in [2.24, 2.45) is 5.41 Å². The van der Waals surface area contributed by atoms with Crippen molar-refractivity contribution in [2.45, 2.75) is 33.2 Å². The zero-order chi connectivity index (χ0) is 15.8. The largest absolute Gasteiger partial charge is 0.326 e. The highest BCUT2D eigenvalue weighted by Crippen LogP contribution is 2.27. The molecule has 1 aliphatic rings. The Kier molecular flexibility index (Phi) is 3.49. The number of anilines is 1. The average Bonchev–Trinajstić information content (AvgIpc) is 2.63. The summed E-state index contributed by atoms with van der Waals surface area (Å²) in [4.78, 5) is 35.2. The van der Waals surface area contributed by atoms with Crippen molar-refractivity contribution in [3.8, 4) is 0 Å². The predicted octanol–water partition coefficient (Wildman–Crippen LogP) is 1.73. The number of carbonyl (C=O) groups excluding carboxylic acids is 3. The van der Waals surface area contributed by atoms with E-state index in [1.165, 1.54) is 0 Å². The number of urea groups is 1. The molecule has 3 N–H and O–H groups in total. The van der Waals surface area contributed by atoms with Gasteiger partial charge in [0, 0.05) is 11.1 Å². The first-order valence-electron chi connectivity index (χ1n) is 6.68. The number of hydrogen-bond acceptors (Lipinski definition) is 3. The molecule has 1 heterocycles. The summed E-state index contributed by atoms with van der Waals surface area (Å²) in [5.74, 6) is -0.531. The van der Waals surface area contributed by atoms with Crippen LogP contribution < -0.4 is 16.0 Å². The Morgan fingerprint density at radius 1 is 1.24 bits per heavy atom. The van der Waals surface area contributed by atoms with E-state index in [1.807, 2.05) is 20.8 Å². The van der Waals surface area contributed by atoms with Crippen molar-refractivity contribution in [3.05, 3.63) is 29.8 Å². The lowest BCUT2D eigenvalue weighted by Crippen LogP contribution is -2.40. The van der Waals surface area contributed by atoms with E-state index in [9.17, 15) is 14.4 Å². The molecule has 1 aromatic rings. The molecular weight excluding hydrogens is 270 g/mol. The van der Waals surface area contributed by atoms with Gasteiger partial charge in [-0.05, 0) is 24.6 Å². The van der Waals surface area contributed by atoms with E-state index in [0.717, 1.165) is 0 Å². The third kappa shape index (κ3) is 2.89. The van der Waals surface area contributed by atoms with Crippen LogP contribution in [0.5, 0.6) is 0 Å². The maximum absolute atomic E-state index is 12.0. The molecule has 6 nitrogen and oxygen atoms in total. The zero-order valence-electron chi connectivity index (χ0n) is 12.5. The van der Waals surface area contributed by atoms with E-state index < -0.39 is 22.9 Å². The smallest absolute Gasteiger partial charge is 0.322 e. The van der Waals surface area contributed by atoms with Crippen LogP contribution in [0.25, 0.3) is 0 Å². The summed E-state index contributed by atoms with van der Waals surface area (Å²) in [7, 11) is 0. The maximum atomic E-state index is 12.0. The van der Waals surface area contributed by atoms with Crippen LogP contribution in [0.3, 0.4) is 0 Å². The van der Waals surface area contributed by atoms with Gasteiger partial charge in [0.25, 0.3) is 5.91 Å². The number of nitrogens with one attached hydrogen (secondary N) is 3. The van der Waals surface area contributed by atoms with Crippen LogP contribution >= 0.6 is 0 Å². The summed E-state index contributed by atoms with van der Waals surface area (Å²) < 4.78 is 0. The first-order valence-corrected chi connectivity index (χ1v) is 6.68. The normalized spacial score (nSPS) is 21.7. The van der Waals surface area contributed by atoms with Gasteiger partial charge in [-0.25, -0.2) is 4.79 Å². The molecule has 4 amide bonds. The molecule has 0 saturated carbocycles. The second-order valence-corrected chi connectivity index (χ2v) is 6.32. The highest BCUT2D eigenvalue weighted by atomic mass is 16.2. The molecule has 1 saturated heterocycles. The summed E-state index contributed by atoms with van der Waals surface area (Å²) in [5.41, 5.74) is -0.446. The van der Waals surface area contributed by atoms with Gasteiger partial charge in [-0.1, -0.05) is 32.9 Å². The Balaban J connectivity index is 2.29. The Labute approximate surface area is 123 Å². The van der Waals surface area contributed by atoms with Gasteiger partial charge >= 0.3 is 6.03 Å². The van der Waals surface area contributed by atoms with E-state index in [4.69, 9.17) is 0 Å². The maximum Gasteiger partial charge on any atom is 0.322 e. The number of benzene rings is 1. The van der Waals surface area contributed by atoms with Gasteiger partial charge in [-0.3, -0.25) is 14.9 Å². The van der Waals surface area contributed by atoms with E-state index >= 15 is 0 Å². The van der Waals surface area contributed by atoms with Crippen LogP contribution in [0, 0.1) is 5.41 Å². The van der Waals surface area contributed by atoms with Crippen LogP contribution in [0.4, 0.5) is 10.5 Å². The molecule has 6 heteroatoms. The van der Waals surface area contributed by atoms with Crippen LogP contribution in [-0.2, 0) is 15.1 Å². The second-order valence-electron chi connectivity index (χ2n) is 6.32. The number of imide groups is 1. The molecular formula is C15H19N3O3. The first-order chi connectivity index (χ1) is 9.63. The first kappa shape index (κ1) is 15.0. The van der Waals surface area contributed by atoms with Gasteiger partial charge in [0.15, 0.2) is 0 Å². The minimum absolute atomic E-state index is 0.121. The molecule has 112 valence electrons. The lowest BCUT2D eigenvalue weighted by atomic mass is 9.91. The topological polar surface area (TPSA) is 87.3 Å². The predicted molar refractivity (Wildman–Crippen MR) is 78.6 cm³/mol. The molecule has 1 aromatic carbocycles. The van der Waals surface area contributed by atoms with Crippen molar-refractivity contribution in [1.82, 2.24) is 10.6 Å².